The van der Waals surface area contributed by atoms with E-state index in [0.717, 1.165) is 76.2 Å². The fourth-order valence-electron chi connectivity index (χ4n) is 10.2. The number of carbonyl (C=O) groups is 3. The van der Waals surface area contributed by atoms with Gasteiger partial charge in [0.05, 0.1) is 34.8 Å². The minimum Gasteiger partial charge on any atom is -0.493 e. The van der Waals surface area contributed by atoms with Gasteiger partial charge < -0.3 is 35.3 Å². The summed E-state index contributed by atoms with van der Waals surface area (Å²) in [7, 11) is 1.90. The number of benzene rings is 3. The van der Waals surface area contributed by atoms with Crippen LogP contribution in [0.3, 0.4) is 0 Å². The molecule has 3 aromatic carbocycles. The second-order valence-electron chi connectivity index (χ2n) is 21.1. The van der Waals surface area contributed by atoms with Crippen LogP contribution >= 0.6 is 11.3 Å². The van der Waals surface area contributed by atoms with E-state index in [2.05, 4.69) is 20.9 Å². The number of aryl methyl sites for hydroxylation is 2. The highest BCUT2D eigenvalue weighted by molar-refractivity contribution is 7.13. The van der Waals surface area contributed by atoms with Crippen molar-refractivity contribution >= 4 is 40.0 Å². The molecule has 1 saturated heterocycles. The van der Waals surface area contributed by atoms with E-state index in [9.17, 15) is 19.5 Å². The molecule has 71 heavy (non-hydrogen) atoms. The van der Waals surface area contributed by atoms with E-state index in [4.69, 9.17) is 4.74 Å². The van der Waals surface area contributed by atoms with Crippen molar-refractivity contribution in [1.29, 1.82) is 0 Å². The molecule has 2 aliphatic rings. The Hall–Kier alpha value is -5.29. The Morgan fingerprint density at radius 1 is 0.958 bits per heavy atom. The number of likely N-dealkylation sites (tertiary alicyclic amines) is 1. The number of ether oxygens (including phenoxy) is 1. The molecule has 0 saturated carbocycles. The molecule has 16 heteroatoms. The summed E-state index contributed by atoms with van der Waals surface area (Å²) < 4.78 is 55.5. The van der Waals surface area contributed by atoms with Crippen LogP contribution in [0.2, 0.25) is 0 Å². The summed E-state index contributed by atoms with van der Waals surface area (Å²) in [4.78, 5) is 49.4. The number of hydrogen-bond donors (Lipinski definition) is 4. The van der Waals surface area contributed by atoms with Crippen LogP contribution in [0.15, 0.2) is 66.2 Å². The number of nitrogens with zero attached hydrogens (tertiary/aromatic N) is 4. The molecule has 2 aromatic heterocycles. The number of nitrogens with one attached hydrogen (secondary N) is 3. The number of carbonyl (C=O) groups excluding carboxylic acids is 3. The molecule has 4 heterocycles. The van der Waals surface area contributed by atoms with Crippen LogP contribution < -0.4 is 20.7 Å². The first kappa shape index (κ1) is 53.5. The number of hydrogen-bond acceptors (Lipinski definition) is 9. The summed E-state index contributed by atoms with van der Waals surface area (Å²) in [5.41, 5.74) is 5.14. The molecule has 0 spiro atoms. The maximum absolute atomic E-state index is 16.2. The number of halogens is 3. The Bertz CT molecular complexity index is 2620. The molecule has 2 aliphatic heterocycles. The number of unbranched alkanes of at least 4 members (excludes halogenated alkanes) is 3. The van der Waals surface area contributed by atoms with Crippen LogP contribution in [0.5, 0.6) is 5.75 Å². The number of amides is 3. The largest absolute Gasteiger partial charge is 0.493 e. The van der Waals surface area contributed by atoms with Gasteiger partial charge >= 0.3 is 0 Å². The Morgan fingerprint density at radius 3 is 2.31 bits per heavy atom. The first-order valence-electron chi connectivity index (χ1n) is 25.1. The van der Waals surface area contributed by atoms with Gasteiger partial charge in [-0.15, -0.1) is 11.3 Å². The van der Waals surface area contributed by atoms with E-state index in [-0.39, 0.29) is 68.3 Å². The summed E-state index contributed by atoms with van der Waals surface area (Å²) in [6.07, 6.45) is 3.84. The third-order valence-electron chi connectivity index (χ3n) is 13.8. The molecule has 0 aliphatic carbocycles. The molecule has 0 radical (unpaired) electrons. The molecule has 0 unspecified atom stereocenters. The number of fused-ring (bicyclic) bond motifs is 3. The van der Waals surface area contributed by atoms with Gasteiger partial charge in [-0.05, 0) is 101 Å². The molecule has 12 nitrogen and oxygen atoms in total. The van der Waals surface area contributed by atoms with Crippen molar-refractivity contribution < 1.29 is 37.4 Å². The topological polar surface area (TPSA) is 141 Å². The van der Waals surface area contributed by atoms with Gasteiger partial charge in [0.25, 0.3) is 0 Å². The van der Waals surface area contributed by atoms with Gasteiger partial charge in [0.2, 0.25) is 17.7 Å². The van der Waals surface area contributed by atoms with Gasteiger partial charge in [-0.25, -0.2) is 18.2 Å². The summed E-state index contributed by atoms with van der Waals surface area (Å²) in [5.74, 6) is -2.34. The second kappa shape index (κ2) is 23.1. The number of aliphatic hydroxyl groups is 1. The van der Waals surface area contributed by atoms with Crippen LogP contribution in [0.25, 0.3) is 21.3 Å². The van der Waals surface area contributed by atoms with Crippen molar-refractivity contribution in [2.24, 2.45) is 12.5 Å². The van der Waals surface area contributed by atoms with E-state index >= 15 is 13.2 Å². The van der Waals surface area contributed by atoms with E-state index in [0.29, 0.717) is 19.3 Å². The van der Waals surface area contributed by atoms with E-state index in [1.807, 2.05) is 105 Å². The lowest BCUT2D eigenvalue weighted by atomic mass is 9.85. The van der Waals surface area contributed by atoms with E-state index < -0.39 is 52.9 Å². The van der Waals surface area contributed by atoms with Gasteiger partial charge in [-0.3, -0.25) is 19.3 Å². The lowest BCUT2D eigenvalue weighted by Gasteiger charge is -2.43. The number of para-hydroxylation sites is 1. The number of rotatable bonds is 21. The van der Waals surface area contributed by atoms with E-state index in [1.165, 1.54) is 30.9 Å². The lowest BCUT2D eigenvalue weighted by Crippen LogP contribution is -2.57. The molecule has 3 amide bonds. The van der Waals surface area contributed by atoms with Crippen LogP contribution in [0, 0.1) is 24.0 Å². The zero-order valence-electron chi connectivity index (χ0n) is 42.5. The average molecular weight is 1000 g/mol. The Labute approximate surface area is 420 Å². The van der Waals surface area contributed by atoms with Crippen LogP contribution in [-0.4, -0.2) is 105 Å². The minimum atomic E-state index is -1.59. The first-order chi connectivity index (χ1) is 33.7. The summed E-state index contributed by atoms with van der Waals surface area (Å²) in [6.45, 7) is 14.6. The molecule has 5 atom stereocenters. The monoisotopic (exact) mass is 1000 g/mol. The smallest absolute Gasteiger partial charge is 0.246 e. The van der Waals surface area contributed by atoms with Crippen molar-refractivity contribution in [1.82, 2.24) is 35.3 Å². The second-order valence-corrected chi connectivity index (χ2v) is 22.0. The highest BCUT2D eigenvalue weighted by atomic mass is 32.1. The zero-order valence-corrected chi connectivity index (χ0v) is 43.4. The molecule has 1 fully saturated rings. The van der Waals surface area contributed by atoms with Crippen LogP contribution in [-0.2, 0) is 34.4 Å². The quantitative estimate of drug-likeness (QED) is 0.0534. The molecular weight excluding hydrogens is 928 g/mol. The predicted molar refractivity (Wildman–Crippen MR) is 274 cm³/mol. The number of β-amino-alcohol motifs (C(OH)–C–C–N with tert-alkyl or cyclic N) is 1. The Kier molecular flexibility index (Phi) is 17.4. The van der Waals surface area contributed by atoms with Crippen LogP contribution in [0.4, 0.5) is 13.2 Å². The highest BCUT2D eigenvalue weighted by Crippen LogP contribution is 2.45. The Morgan fingerprint density at radius 2 is 1.65 bits per heavy atom. The third kappa shape index (κ3) is 13.0. The van der Waals surface area contributed by atoms with Crippen molar-refractivity contribution in [3.63, 3.8) is 0 Å². The normalized spacial score (nSPS) is 19.0. The van der Waals surface area contributed by atoms with Gasteiger partial charge in [-0.2, -0.15) is 0 Å². The fourth-order valence-corrected chi connectivity index (χ4v) is 11.0. The Balaban J connectivity index is 0.816. The van der Waals surface area contributed by atoms with Crippen molar-refractivity contribution in [3.8, 4) is 16.2 Å². The highest BCUT2D eigenvalue weighted by Gasteiger charge is 2.45. The van der Waals surface area contributed by atoms with Crippen molar-refractivity contribution in [3.05, 3.63) is 106 Å². The first-order valence-corrected chi connectivity index (χ1v) is 26.0. The average Bonchev–Trinajstić information content (AvgIpc) is 4.01. The van der Waals surface area contributed by atoms with Gasteiger partial charge in [0.1, 0.15) is 35.1 Å². The molecular formula is C55H72F3N7O5S. The SMILES string of the molecule is Cc1ncsc1-c1ccc(CNC(=O)[C@@H]2C[C@@H](O)CN2C(=O)[C@@H](NC(=O)CCCCCNCCCCOc2cc(F)c([C@@H]3c4c(c5ccccc5n4C)C[C@@H](C)N3CC(C)(C)F)c(F)c2)C(C)(C)C)cc1. The van der Waals surface area contributed by atoms with Gasteiger partial charge in [0.15, 0.2) is 0 Å². The van der Waals surface area contributed by atoms with Gasteiger partial charge in [-0.1, -0.05) is 69.7 Å². The third-order valence-corrected chi connectivity index (χ3v) is 14.8. The fraction of sp³-hybridized carbons (Fsp3) is 0.527. The number of thiazole rings is 1. The molecule has 384 valence electrons. The molecule has 0 bridgehead atoms. The molecule has 7 rings (SSSR count). The zero-order chi connectivity index (χ0) is 51.2. The summed E-state index contributed by atoms with van der Waals surface area (Å²) >= 11 is 1.57. The number of alkyl halides is 1. The van der Waals surface area contributed by atoms with Crippen molar-refractivity contribution in [2.75, 3.05) is 32.8 Å². The van der Waals surface area contributed by atoms with Crippen LogP contribution in [0.1, 0.15) is 121 Å². The maximum Gasteiger partial charge on any atom is 0.246 e. The summed E-state index contributed by atoms with van der Waals surface area (Å²) in [5, 5.41) is 20.9. The van der Waals surface area contributed by atoms with Gasteiger partial charge in [0, 0.05) is 79.9 Å². The van der Waals surface area contributed by atoms with E-state index in [1.54, 1.807) is 11.3 Å². The van der Waals surface area contributed by atoms with Crippen molar-refractivity contribution in [2.45, 2.75) is 142 Å². The summed E-state index contributed by atoms with van der Waals surface area (Å²) in [6, 6.07) is 15.6. The predicted octanol–water partition coefficient (Wildman–Crippen LogP) is 9.09. The minimum absolute atomic E-state index is 0.00639. The molecule has 4 N–H and O–H groups in total. The number of aliphatic hydroxyl groups excluding tert-OH is 1. The number of aromatic nitrogens is 2. The standard InChI is InChI=1S/C55H72F3N7O5S/c1-34-26-41-40-16-11-12-17-44(40)63(8)48(41)49(65(34)32-55(6,7)58)47-42(56)28-39(29-43(47)57)70-25-15-14-24-59-23-13-9-10-18-46(67)62-51(54(3,4)5)53(69)64-31-38(66)27-45(64)52(68)60-30-36-19-21-37(22-20-36)50-35(2)61-33-71-50/h11-12,16-17,19-22,28-29,33-34,38,45,49,51,59,66H,9-10,13-15,18,23-27,30-32H2,1-8H3,(H,60,68)(H,62,67)/t34-,38-,45+,49-,51-/m1/s1. The lowest BCUT2D eigenvalue weighted by molar-refractivity contribution is -0.144. The molecule has 5 aromatic rings. The maximum atomic E-state index is 16.2.